The highest BCUT2D eigenvalue weighted by atomic mass is 14.8. The van der Waals surface area contributed by atoms with E-state index in [0.717, 1.165) is 16.2 Å². The average molecular weight is 480 g/mol. The van der Waals surface area contributed by atoms with Crippen molar-refractivity contribution in [2.45, 2.75) is 0 Å². The number of nitrogens with zero attached hydrogens (tertiary/aromatic N) is 8. The van der Waals surface area contributed by atoms with E-state index in [1.807, 2.05) is 72.8 Å². The third kappa shape index (κ3) is 2.72. The van der Waals surface area contributed by atoms with Crippen LogP contribution in [0, 0.1) is 68.0 Å². The van der Waals surface area contributed by atoms with Gasteiger partial charge in [-0.05, 0) is 33.7 Å². The van der Waals surface area contributed by atoms with E-state index >= 15 is 0 Å². The molecule has 0 spiro atoms. The lowest BCUT2D eigenvalue weighted by Crippen LogP contribution is -2.00. The number of rotatable bonds is 0. The molecule has 8 heteroatoms. The molecule has 0 bridgehead atoms. The normalized spacial score (nSPS) is 10.5. The van der Waals surface area contributed by atoms with Crippen LogP contribution in [-0.2, 0) is 0 Å². The van der Waals surface area contributed by atoms with Crippen molar-refractivity contribution in [1.29, 1.82) is 31.6 Å². The summed E-state index contributed by atoms with van der Waals surface area (Å²) in [5.74, 6) is 0. The zero-order valence-electron chi connectivity index (χ0n) is 19.2. The molecule has 8 nitrogen and oxygen atoms in total. The van der Waals surface area contributed by atoms with E-state index in [1.165, 1.54) is 0 Å². The van der Waals surface area contributed by atoms with Crippen molar-refractivity contribution in [3.05, 3.63) is 82.2 Å². The molecule has 0 N–H and O–H groups in total. The van der Waals surface area contributed by atoms with Crippen LogP contribution in [0.25, 0.3) is 54.1 Å². The summed E-state index contributed by atoms with van der Waals surface area (Å²) >= 11 is 0. The molecule has 168 valence electrons. The molecule has 0 radical (unpaired) electrons. The number of fused-ring (bicyclic) bond motifs is 9. The lowest BCUT2D eigenvalue weighted by molar-refractivity contribution is 1.21. The van der Waals surface area contributed by atoms with Gasteiger partial charge in [0.15, 0.2) is 11.4 Å². The van der Waals surface area contributed by atoms with E-state index < -0.39 is 0 Å². The molecule has 5 aromatic carbocycles. The molecule has 6 rings (SSSR count). The minimum atomic E-state index is -0.176. The van der Waals surface area contributed by atoms with E-state index in [1.54, 1.807) is 12.1 Å². The molecule has 1 aromatic heterocycles. The van der Waals surface area contributed by atoms with Crippen LogP contribution >= 0.6 is 0 Å². The summed E-state index contributed by atoms with van der Waals surface area (Å²) in [5.41, 5.74) is 0.127. The molecule has 0 atom stereocenters. The minimum Gasteiger partial charge on any atom is -0.232 e. The summed E-state index contributed by atoms with van der Waals surface area (Å²) in [7, 11) is 0. The van der Waals surface area contributed by atoms with Gasteiger partial charge in [0, 0.05) is 21.5 Å². The molecule has 1 heterocycles. The zero-order chi connectivity index (χ0) is 26.6. The monoisotopic (exact) mass is 480 g/mol. The molecule has 0 saturated carbocycles. The van der Waals surface area contributed by atoms with Gasteiger partial charge in [-0.15, -0.1) is 0 Å². The predicted molar refractivity (Wildman–Crippen MR) is 138 cm³/mol. The predicted octanol–water partition coefficient (Wildman–Crippen LogP) is 5.47. The Bertz CT molecular complexity index is 2360. The van der Waals surface area contributed by atoms with Crippen LogP contribution in [0.3, 0.4) is 0 Å². The Labute approximate surface area is 214 Å². The van der Waals surface area contributed by atoms with Crippen LogP contribution < -0.4 is 0 Å². The Kier molecular flexibility index (Phi) is 4.61. The fraction of sp³-hybridized carbons (Fsp3) is 0. The van der Waals surface area contributed by atoms with Gasteiger partial charge in [0.2, 0.25) is 0 Å². The fourth-order valence-corrected chi connectivity index (χ4v) is 5.12. The SMILES string of the molecule is N#Cc1nc2c3cc4c(C#N)c(C#N)c(C#N)c(C#N)c4cc3c3c4ccccc4ccc3c2nc1C#N. The van der Waals surface area contributed by atoms with E-state index in [9.17, 15) is 31.6 Å². The molecule has 0 aliphatic rings. The van der Waals surface area contributed by atoms with Gasteiger partial charge in [-0.25, -0.2) is 9.97 Å². The molecule has 0 fully saturated rings. The van der Waals surface area contributed by atoms with Crippen molar-refractivity contribution < 1.29 is 0 Å². The Hall–Kier alpha value is -6.58. The Morgan fingerprint density at radius 1 is 0.447 bits per heavy atom. The molecule has 0 aliphatic carbocycles. The highest BCUT2D eigenvalue weighted by Gasteiger charge is 2.23. The quantitative estimate of drug-likeness (QED) is 0.203. The Morgan fingerprint density at radius 3 is 1.53 bits per heavy atom. The highest BCUT2D eigenvalue weighted by molar-refractivity contribution is 6.31. The Morgan fingerprint density at radius 2 is 0.974 bits per heavy atom. The van der Waals surface area contributed by atoms with E-state index in [4.69, 9.17) is 0 Å². The second-order valence-electron chi connectivity index (χ2n) is 8.44. The van der Waals surface area contributed by atoms with Crippen LogP contribution in [0.15, 0.2) is 48.5 Å². The first kappa shape index (κ1) is 21.9. The van der Waals surface area contributed by atoms with Gasteiger partial charge < -0.3 is 0 Å². The van der Waals surface area contributed by atoms with Gasteiger partial charge in [0.1, 0.15) is 36.4 Å². The number of hydrogen-bond acceptors (Lipinski definition) is 8. The second kappa shape index (κ2) is 7.99. The average Bonchev–Trinajstić information content (AvgIpc) is 2.97. The van der Waals surface area contributed by atoms with Crippen molar-refractivity contribution in [1.82, 2.24) is 9.97 Å². The summed E-state index contributed by atoms with van der Waals surface area (Å²) in [5, 5.41) is 63.9. The van der Waals surface area contributed by atoms with Crippen LogP contribution in [-0.4, -0.2) is 9.97 Å². The third-order valence-corrected chi connectivity index (χ3v) is 6.71. The first-order chi connectivity index (χ1) is 18.6. The van der Waals surface area contributed by atoms with Crippen molar-refractivity contribution in [3.8, 4) is 36.4 Å². The van der Waals surface area contributed by atoms with Gasteiger partial charge in [0.25, 0.3) is 0 Å². The summed E-state index contributed by atoms with van der Waals surface area (Å²) in [6.45, 7) is 0. The first-order valence-corrected chi connectivity index (χ1v) is 11.1. The number of nitriles is 6. The maximum atomic E-state index is 10.0. The molecular formula is C30H8N8. The molecule has 38 heavy (non-hydrogen) atoms. The molecule has 0 saturated heterocycles. The van der Waals surface area contributed by atoms with Gasteiger partial charge >= 0.3 is 0 Å². The standard InChI is InChI=1S/C30H8N8/c31-9-22-18-7-20-21(8-19(18)23(10-32)25(12-34)24(22)11-33)30-29(37-26(13-35)27(14-36)38-30)17-6-5-15-3-1-2-4-16(15)28(17)20/h1-8H. The van der Waals surface area contributed by atoms with Gasteiger partial charge in [0.05, 0.1) is 33.3 Å². The summed E-state index contributed by atoms with van der Waals surface area (Å²) in [4.78, 5) is 9.00. The number of hydrogen-bond donors (Lipinski definition) is 0. The fourth-order valence-electron chi connectivity index (χ4n) is 5.12. The van der Waals surface area contributed by atoms with Crippen molar-refractivity contribution in [2.24, 2.45) is 0 Å². The Balaban J connectivity index is 2.03. The van der Waals surface area contributed by atoms with Crippen molar-refractivity contribution in [2.75, 3.05) is 0 Å². The molecule has 6 aromatic rings. The maximum Gasteiger partial charge on any atom is 0.177 e. The molecular weight excluding hydrogens is 472 g/mol. The third-order valence-electron chi connectivity index (χ3n) is 6.71. The van der Waals surface area contributed by atoms with Crippen LogP contribution in [0.2, 0.25) is 0 Å². The topological polar surface area (TPSA) is 169 Å². The number of aromatic nitrogens is 2. The minimum absolute atomic E-state index is 0.00272. The van der Waals surface area contributed by atoms with Crippen LogP contribution in [0.5, 0.6) is 0 Å². The molecule has 0 unspecified atom stereocenters. The van der Waals surface area contributed by atoms with Gasteiger partial charge in [-0.1, -0.05) is 36.4 Å². The summed E-state index contributed by atoms with van der Waals surface area (Å²) in [6, 6.07) is 26.6. The van der Waals surface area contributed by atoms with E-state index in [2.05, 4.69) is 9.97 Å². The summed E-state index contributed by atoms with van der Waals surface area (Å²) < 4.78 is 0. The summed E-state index contributed by atoms with van der Waals surface area (Å²) in [6.07, 6.45) is 0. The lowest BCUT2D eigenvalue weighted by atomic mass is 9.87. The number of benzene rings is 5. The zero-order valence-corrected chi connectivity index (χ0v) is 19.2. The van der Waals surface area contributed by atoms with Crippen LogP contribution in [0.4, 0.5) is 0 Å². The van der Waals surface area contributed by atoms with E-state index in [0.29, 0.717) is 38.0 Å². The largest absolute Gasteiger partial charge is 0.232 e. The molecule has 0 aliphatic heterocycles. The van der Waals surface area contributed by atoms with Crippen molar-refractivity contribution >= 4 is 54.1 Å². The smallest absolute Gasteiger partial charge is 0.177 e. The highest BCUT2D eigenvalue weighted by Crippen LogP contribution is 2.41. The first-order valence-electron chi connectivity index (χ1n) is 11.1. The molecule has 0 amide bonds. The van der Waals surface area contributed by atoms with Gasteiger partial charge in [-0.2, -0.15) is 31.6 Å². The maximum absolute atomic E-state index is 10.0. The van der Waals surface area contributed by atoms with Gasteiger partial charge in [-0.3, -0.25) is 0 Å². The lowest BCUT2D eigenvalue weighted by Gasteiger charge is -2.15. The van der Waals surface area contributed by atoms with Crippen LogP contribution in [0.1, 0.15) is 33.6 Å². The van der Waals surface area contributed by atoms with E-state index in [-0.39, 0.29) is 33.6 Å². The second-order valence-corrected chi connectivity index (χ2v) is 8.44. The van der Waals surface area contributed by atoms with Crippen molar-refractivity contribution in [3.63, 3.8) is 0 Å².